The van der Waals surface area contributed by atoms with E-state index in [9.17, 15) is 0 Å². The number of ether oxygens (including phenoxy) is 1. The summed E-state index contributed by atoms with van der Waals surface area (Å²) in [7, 11) is -0.173. The molecule has 1 heterocycles. The van der Waals surface area contributed by atoms with Crippen molar-refractivity contribution in [1.29, 1.82) is 0 Å². The number of unbranched alkanes of at least 4 members (excludes halogenated alkanes) is 1. The van der Waals surface area contributed by atoms with Crippen molar-refractivity contribution >= 4 is 7.12 Å². The van der Waals surface area contributed by atoms with Gasteiger partial charge in [-0.15, -0.1) is 0 Å². The van der Waals surface area contributed by atoms with Gasteiger partial charge in [0.25, 0.3) is 0 Å². The third-order valence-corrected chi connectivity index (χ3v) is 4.10. The molecule has 110 valence electrons. The lowest BCUT2D eigenvalue weighted by atomic mass is 9.69. The van der Waals surface area contributed by atoms with Crippen molar-refractivity contribution in [3.8, 4) is 0 Å². The van der Waals surface area contributed by atoms with Gasteiger partial charge < -0.3 is 14.0 Å². The van der Waals surface area contributed by atoms with Gasteiger partial charge in [0.05, 0.1) is 24.1 Å². The minimum Gasteiger partial charge on any atom is -0.502 e. The van der Waals surface area contributed by atoms with Crippen LogP contribution in [0.4, 0.5) is 0 Å². The van der Waals surface area contributed by atoms with Crippen molar-refractivity contribution < 1.29 is 14.0 Å². The van der Waals surface area contributed by atoms with Crippen LogP contribution in [-0.2, 0) is 14.0 Å². The summed E-state index contributed by atoms with van der Waals surface area (Å²) >= 11 is 0. The van der Waals surface area contributed by atoms with Gasteiger partial charge in [-0.1, -0.05) is 19.8 Å². The maximum atomic E-state index is 6.12. The van der Waals surface area contributed by atoms with Gasteiger partial charge in [0.15, 0.2) is 0 Å². The molecule has 1 aliphatic rings. The quantitative estimate of drug-likeness (QED) is 0.512. The lowest BCUT2D eigenvalue weighted by molar-refractivity contribution is 0.00578. The molecule has 0 bridgehead atoms. The fraction of sp³-hybridized carbons (Fsp3) is 0.867. The van der Waals surface area contributed by atoms with Gasteiger partial charge in [0.1, 0.15) is 0 Å². The third-order valence-electron chi connectivity index (χ3n) is 4.10. The highest BCUT2D eigenvalue weighted by Gasteiger charge is 2.53. The lowest BCUT2D eigenvalue weighted by Gasteiger charge is -2.32. The predicted molar refractivity (Wildman–Crippen MR) is 80.1 cm³/mol. The van der Waals surface area contributed by atoms with Crippen LogP contribution in [0.1, 0.15) is 60.8 Å². The van der Waals surface area contributed by atoms with Crippen LogP contribution in [0.15, 0.2) is 12.3 Å². The van der Waals surface area contributed by atoms with Gasteiger partial charge in [-0.3, -0.25) is 0 Å². The first kappa shape index (κ1) is 16.6. The van der Waals surface area contributed by atoms with Crippen LogP contribution in [0.25, 0.3) is 0 Å². The molecule has 1 rings (SSSR count). The molecule has 3 nitrogen and oxygen atoms in total. The Bertz CT molecular complexity index is 284. The molecule has 0 aliphatic carbocycles. The Morgan fingerprint density at radius 3 is 2.16 bits per heavy atom. The summed E-state index contributed by atoms with van der Waals surface area (Å²) < 4.78 is 17.6. The van der Waals surface area contributed by atoms with Crippen LogP contribution in [0, 0.1) is 0 Å². The summed E-state index contributed by atoms with van der Waals surface area (Å²) in [5.41, 5.74) is -0.525. The largest absolute Gasteiger partial charge is 0.502 e. The van der Waals surface area contributed by atoms with Gasteiger partial charge in [-0.25, -0.2) is 0 Å². The second-order valence-electron chi connectivity index (χ2n) is 6.21. The zero-order valence-electron chi connectivity index (χ0n) is 13.4. The molecule has 0 aromatic carbocycles. The normalized spacial score (nSPS) is 22.9. The number of hydrogen-bond donors (Lipinski definition) is 0. The van der Waals surface area contributed by atoms with Crippen molar-refractivity contribution in [3.05, 3.63) is 12.3 Å². The molecule has 1 saturated heterocycles. The van der Waals surface area contributed by atoms with Crippen LogP contribution < -0.4 is 0 Å². The fourth-order valence-electron chi connectivity index (χ4n) is 2.08. The van der Waals surface area contributed by atoms with Crippen molar-refractivity contribution in [2.75, 3.05) is 6.61 Å². The maximum Gasteiger partial charge on any atom is 0.465 e. The summed E-state index contributed by atoms with van der Waals surface area (Å²) in [6, 6.07) is 0. The van der Waals surface area contributed by atoms with Crippen molar-refractivity contribution in [3.63, 3.8) is 0 Å². The van der Waals surface area contributed by atoms with E-state index in [-0.39, 0.29) is 24.1 Å². The average Bonchev–Trinajstić information content (AvgIpc) is 2.53. The van der Waals surface area contributed by atoms with Gasteiger partial charge in [-0.05, 0) is 47.1 Å². The van der Waals surface area contributed by atoms with Gasteiger partial charge in [0, 0.05) is 5.82 Å². The molecule has 0 N–H and O–H groups in total. The van der Waals surface area contributed by atoms with Gasteiger partial charge >= 0.3 is 7.12 Å². The maximum absolute atomic E-state index is 6.12. The molecule has 0 amide bonds. The zero-order chi connectivity index (χ0) is 14.5. The second-order valence-corrected chi connectivity index (χ2v) is 6.21. The van der Waals surface area contributed by atoms with Crippen molar-refractivity contribution in [2.45, 2.75) is 77.8 Å². The molecule has 1 fully saturated rings. The second kappa shape index (κ2) is 6.80. The average molecular weight is 268 g/mol. The Kier molecular flexibility index (Phi) is 5.94. The summed E-state index contributed by atoms with van der Waals surface area (Å²) in [6.45, 7) is 13.3. The zero-order valence-corrected chi connectivity index (χ0v) is 13.4. The minimum absolute atomic E-state index is 0.173. The first-order valence-electron chi connectivity index (χ1n) is 7.48. The topological polar surface area (TPSA) is 27.7 Å². The van der Waals surface area contributed by atoms with E-state index in [1.54, 1.807) is 6.26 Å². The van der Waals surface area contributed by atoms with E-state index in [1.165, 1.54) is 12.8 Å². The summed E-state index contributed by atoms with van der Waals surface area (Å²) in [5.74, 6) is 0.257. The van der Waals surface area contributed by atoms with Gasteiger partial charge in [-0.2, -0.15) is 0 Å². The van der Waals surface area contributed by atoms with E-state index in [0.29, 0.717) is 6.61 Å². The lowest BCUT2D eigenvalue weighted by Crippen LogP contribution is -2.41. The molecule has 0 aromatic heterocycles. The standard InChI is InChI=1S/C15H29BO3/c1-7-9-10-13(11-12-17-8-2)16-18-14(3,4)15(5,6)19-16/h11-13H,7-10H2,1-6H3/b12-11+. The fourth-order valence-corrected chi connectivity index (χ4v) is 2.08. The van der Waals surface area contributed by atoms with Crippen LogP contribution in [0.2, 0.25) is 5.82 Å². The van der Waals surface area contributed by atoms with E-state index in [4.69, 9.17) is 14.0 Å². The van der Waals surface area contributed by atoms with E-state index in [1.807, 2.05) is 6.92 Å². The predicted octanol–water partition coefficient (Wildman–Crippen LogP) is 4.19. The smallest absolute Gasteiger partial charge is 0.465 e. The highest BCUT2D eigenvalue weighted by molar-refractivity contribution is 6.48. The SMILES string of the molecule is CCCCC(/C=C/OCC)B1OC(C)(C)C(C)(C)O1. The minimum atomic E-state index is -0.262. The Morgan fingerprint density at radius 2 is 1.68 bits per heavy atom. The molecular formula is C15H29BO3. The molecule has 0 aromatic rings. The van der Waals surface area contributed by atoms with E-state index < -0.39 is 0 Å². The monoisotopic (exact) mass is 268 g/mol. The van der Waals surface area contributed by atoms with Crippen LogP contribution >= 0.6 is 0 Å². The van der Waals surface area contributed by atoms with Crippen LogP contribution in [0.3, 0.4) is 0 Å². The molecule has 1 atom stereocenters. The molecule has 1 aliphatic heterocycles. The Hall–Kier alpha value is -0.475. The highest BCUT2D eigenvalue weighted by atomic mass is 16.7. The highest BCUT2D eigenvalue weighted by Crippen LogP contribution is 2.41. The Balaban J connectivity index is 2.71. The van der Waals surface area contributed by atoms with Crippen molar-refractivity contribution in [1.82, 2.24) is 0 Å². The molecule has 0 saturated carbocycles. The van der Waals surface area contributed by atoms with Crippen LogP contribution in [-0.4, -0.2) is 24.9 Å². The van der Waals surface area contributed by atoms with Gasteiger partial charge in [0.2, 0.25) is 0 Å². The van der Waals surface area contributed by atoms with E-state index in [0.717, 1.165) is 6.42 Å². The molecule has 1 unspecified atom stereocenters. The van der Waals surface area contributed by atoms with Crippen LogP contribution in [0.5, 0.6) is 0 Å². The molecule has 19 heavy (non-hydrogen) atoms. The first-order chi connectivity index (χ1) is 8.84. The first-order valence-corrected chi connectivity index (χ1v) is 7.48. The molecular weight excluding hydrogens is 239 g/mol. The van der Waals surface area contributed by atoms with E-state index in [2.05, 4.69) is 40.7 Å². The summed E-state index contributed by atoms with van der Waals surface area (Å²) in [4.78, 5) is 0. The van der Waals surface area contributed by atoms with E-state index >= 15 is 0 Å². The number of hydrogen-bond acceptors (Lipinski definition) is 3. The molecule has 0 radical (unpaired) electrons. The van der Waals surface area contributed by atoms with Crippen molar-refractivity contribution in [2.24, 2.45) is 0 Å². The number of allylic oxidation sites excluding steroid dienone is 1. The molecule has 4 heteroatoms. The summed E-state index contributed by atoms with van der Waals surface area (Å²) in [6.07, 6.45) is 7.28. The Morgan fingerprint density at radius 1 is 1.11 bits per heavy atom. The molecule has 0 spiro atoms. The number of rotatable bonds is 7. The summed E-state index contributed by atoms with van der Waals surface area (Å²) in [5, 5.41) is 0. The third kappa shape index (κ3) is 4.25. The Labute approximate surface area is 118 Å².